The number of benzene rings is 3. The van der Waals surface area contributed by atoms with Crippen LogP contribution in [0.1, 0.15) is 27.0 Å². The molecule has 146 valence electrons. The maximum Gasteiger partial charge on any atom is 0.338 e. The number of rotatable bonds is 6. The van der Waals surface area contributed by atoms with Gasteiger partial charge in [0, 0.05) is 6.07 Å². The highest BCUT2D eigenvalue weighted by Gasteiger charge is 2.16. The molecular formula is C22H13N3O5. The quantitative estimate of drug-likeness (QED) is 0.339. The van der Waals surface area contributed by atoms with E-state index in [0.29, 0.717) is 0 Å². The van der Waals surface area contributed by atoms with Gasteiger partial charge in [-0.1, -0.05) is 24.3 Å². The van der Waals surface area contributed by atoms with E-state index < -0.39 is 10.9 Å². The van der Waals surface area contributed by atoms with Crippen molar-refractivity contribution in [2.45, 2.75) is 6.61 Å². The van der Waals surface area contributed by atoms with Gasteiger partial charge in [-0.2, -0.15) is 10.5 Å². The van der Waals surface area contributed by atoms with E-state index in [-0.39, 0.29) is 46.0 Å². The van der Waals surface area contributed by atoms with E-state index in [2.05, 4.69) is 0 Å². The number of nitrogens with zero attached hydrogens (tertiary/aromatic N) is 3. The number of carbonyl (C=O) groups is 1. The van der Waals surface area contributed by atoms with Crippen LogP contribution in [0.5, 0.6) is 11.5 Å². The first-order chi connectivity index (χ1) is 14.5. The first kappa shape index (κ1) is 20.1. The zero-order chi connectivity index (χ0) is 21.5. The monoisotopic (exact) mass is 399 g/mol. The van der Waals surface area contributed by atoms with Crippen LogP contribution in [-0.2, 0) is 11.3 Å². The van der Waals surface area contributed by atoms with Crippen molar-refractivity contribution in [1.82, 2.24) is 0 Å². The Labute approximate surface area is 171 Å². The third kappa shape index (κ3) is 4.41. The van der Waals surface area contributed by atoms with Crippen molar-refractivity contribution in [1.29, 1.82) is 10.5 Å². The van der Waals surface area contributed by atoms with E-state index in [0.717, 1.165) is 0 Å². The molecule has 3 aromatic rings. The number of nitriles is 2. The number of esters is 1. The number of para-hydroxylation sites is 1. The molecule has 0 fully saturated rings. The zero-order valence-electron chi connectivity index (χ0n) is 15.4. The normalized spacial score (nSPS) is 9.80. The summed E-state index contributed by atoms with van der Waals surface area (Å²) in [4.78, 5) is 22.9. The lowest BCUT2D eigenvalue weighted by atomic mass is 10.1. The third-order valence-electron chi connectivity index (χ3n) is 4.10. The minimum atomic E-state index is -0.690. The Bertz CT molecular complexity index is 1210. The highest BCUT2D eigenvalue weighted by molar-refractivity contribution is 5.89. The average Bonchev–Trinajstić information content (AvgIpc) is 2.77. The fourth-order valence-corrected chi connectivity index (χ4v) is 2.68. The summed E-state index contributed by atoms with van der Waals surface area (Å²) in [6.07, 6.45) is 0. The molecule has 3 aromatic carbocycles. The van der Waals surface area contributed by atoms with Gasteiger partial charge >= 0.3 is 5.97 Å². The topological polar surface area (TPSA) is 126 Å². The first-order valence-electron chi connectivity index (χ1n) is 8.64. The molecule has 0 atom stereocenters. The molecule has 0 bridgehead atoms. The van der Waals surface area contributed by atoms with Gasteiger partial charge in [-0.3, -0.25) is 10.1 Å². The Morgan fingerprint density at radius 2 is 1.77 bits per heavy atom. The lowest BCUT2D eigenvalue weighted by molar-refractivity contribution is -0.385. The SMILES string of the molecule is N#Cc1cccc(Oc2cccc(C(=O)OCc3ccccc3[N+](=O)[O-])c2)c1C#N. The summed E-state index contributed by atoms with van der Waals surface area (Å²) in [5.41, 5.74) is 0.569. The first-order valence-corrected chi connectivity index (χ1v) is 8.64. The average molecular weight is 399 g/mol. The van der Waals surface area contributed by atoms with Crippen molar-refractivity contribution in [2.24, 2.45) is 0 Å². The predicted octanol–water partition coefficient (Wildman–Crippen LogP) is 4.49. The van der Waals surface area contributed by atoms with Crippen LogP contribution < -0.4 is 4.74 Å². The van der Waals surface area contributed by atoms with E-state index in [1.807, 2.05) is 12.1 Å². The van der Waals surface area contributed by atoms with E-state index in [4.69, 9.17) is 14.7 Å². The van der Waals surface area contributed by atoms with E-state index in [9.17, 15) is 20.2 Å². The Morgan fingerprint density at radius 1 is 1.00 bits per heavy atom. The zero-order valence-corrected chi connectivity index (χ0v) is 15.4. The Balaban J connectivity index is 1.77. The van der Waals surface area contributed by atoms with Crippen molar-refractivity contribution in [2.75, 3.05) is 0 Å². The summed E-state index contributed by atoms with van der Waals surface area (Å²) in [6, 6.07) is 20.5. The van der Waals surface area contributed by atoms with Crippen molar-refractivity contribution in [3.05, 3.63) is 99.1 Å². The van der Waals surface area contributed by atoms with Crippen LogP contribution >= 0.6 is 0 Å². The van der Waals surface area contributed by atoms with E-state index in [1.54, 1.807) is 30.3 Å². The standard InChI is InChI=1S/C22H13N3O5/c23-12-16-7-4-10-21(19(16)13-24)30-18-8-3-6-15(11-18)22(26)29-14-17-5-1-2-9-20(17)25(27)28/h1-11H,14H2. The smallest absolute Gasteiger partial charge is 0.338 e. The number of hydrogen-bond donors (Lipinski definition) is 0. The highest BCUT2D eigenvalue weighted by atomic mass is 16.6. The van der Waals surface area contributed by atoms with Crippen LogP contribution in [0.15, 0.2) is 66.7 Å². The van der Waals surface area contributed by atoms with Crippen molar-refractivity contribution < 1.29 is 19.2 Å². The van der Waals surface area contributed by atoms with Gasteiger partial charge in [-0.05, 0) is 36.4 Å². The molecular weight excluding hydrogens is 386 g/mol. The summed E-state index contributed by atoms with van der Waals surface area (Å²) >= 11 is 0. The molecule has 0 saturated carbocycles. The second-order valence-electron chi connectivity index (χ2n) is 5.99. The molecule has 0 aromatic heterocycles. The number of hydrogen-bond acceptors (Lipinski definition) is 7. The largest absolute Gasteiger partial charge is 0.457 e. The summed E-state index contributed by atoms with van der Waals surface area (Å²) in [5.74, 6) is -0.242. The summed E-state index contributed by atoms with van der Waals surface area (Å²) in [5, 5.41) is 29.4. The molecule has 3 rings (SSSR count). The van der Waals surface area contributed by atoms with Crippen molar-refractivity contribution in [3.63, 3.8) is 0 Å². The lowest BCUT2D eigenvalue weighted by Crippen LogP contribution is -2.06. The van der Waals surface area contributed by atoms with Gasteiger partial charge in [-0.15, -0.1) is 0 Å². The van der Waals surface area contributed by atoms with Crippen molar-refractivity contribution >= 4 is 11.7 Å². The van der Waals surface area contributed by atoms with Crippen molar-refractivity contribution in [3.8, 4) is 23.6 Å². The molecule has 0 aliphatic rings. The second kappa shape index (κ2) is 9.00. The second-order valence-corrected chi connectivity index (χ2v) is 5.99. The highest BCUT2D eigenvalue weighted by Crippen LogP contribution is 2.28. The molecule has 0 aliphatic carbocycles. The molecule has 0 heterocycles. The fraction of sp³-hybridized carbons (Fsp3) is 0.0455. The van der Waals surface area contributed by atoms with Gasteiger partial charge < -0.3 is 9.47 Å². The van der Waals surface area contributed by atoms with Crippen LogP contribution in [0.2, 0.25) is 0 Å². The Hall–Kier alpha value is -4.69. The molecule has 0 saturated heterocycles. The van der Waals surface area contributed by atoms with E-state index >= 15 is 0 Å². The maximum absolute atomic E-state index is 12.4. The molecule has 30 heavy (non-hydrogen) atoms. The minimum Gasteiger partial charge on any atom is -0.457 e. The van der Waals surface area contributed by atoms with Crippen LogP contribution in [0, 0.1) is 32.8 Å². The molecule has 0 radical (unpaired) electrons. The Morgan fingerprint density at radius 3 is 2.50 bits per heavy atom. The molecule has 0 amide bonds. The van der Waals surface area contributed by atoms with Gasteiger partial charge in [-0.25, -0.2) is 4.79 Å². The van der Waals surface area contributed by atoms with E-state index in [1.165, 1.54) is 36.4 Å². The van der Waals surface area contributed by atoms with Crippen LogP contribution in [0.4, 0.5) is 5.69 Å². The number of nitro benzene ring substituents is 1. The summed E-state index contributed by atoms with van der Waals surface area (Å²) in [6.45, 7) is -0.260. The van der Waals surface area contributed by atoms with Gasteiger partial charge in [0.2, 0.25) is 0 Å². The molecule has 0 unspecified atom stereocenters. The lowest BCUT2D eigenvalue weighted by Gasteiger charge is -2.10. The third-order valence-corrected chi connectivity index (χ3v) is 4.10. The molecule has 8 heteroatoms. The van der Waals surface area contributed by atoms with Gasteiger partial charge in [0.05, 0.1) is 21.6 Å². The number of ether oxygens (including phenoxy) is 2. The van der Waals surface area contributed by atoms with Gasteiger partial charge in [0.25, 0.3) is 5.69 Å². The number of carbonyl (C=O) groups excluding carboxylic acids is 1. The summed E-state index contributed by atoms with van der Waals surface area (Å²) < 4.78 is 10.9. The molecule has 0 aliphatic heterocycles. The predicted molar refractivity (Wildman–Crippen MR) is 105 cm³/mol. The van der Waals surface area contributed by atoms with Gasteiger partial charge in [0.15, 0.2) is 0 Å². The van der Waals surface area contributed by atoms with Crippen LogP contribution in [0.25, 0.3) is 0 Å². The van der Waals surface area contributed by atoms with Crippen LogP contribution in [0.3, 0.4) is 0 Å². The van der Waals surface area contributed by atoms with Gasteiger partial charge in [0.1, 0.15) is 35.8 Å². The minimum absolute atomic E-state index is 0.0874. The molecule has 8 nitrogen and oxygen atoms in total. The molecule has 0 spiro atoms. The number of nitro groups is 1. The summed E-state index contributed by atoms with van der Waals surface area (Å²) in [7, 11) is 0. The Kier molecular flexibility index (Phi) is 6.02. The fourth-order valence-electron chi connectivity index (χ4n) is 2.68. The molecule has 0 N–H and O–H groups in total. The van der Waals surface area contributed by atoms with Crippen LogP contribution in [-0.4, -0.2) is 10.9 Å². The maximum atomic E-state index is 12.4.